The molecule has 1 N–H and O–H groups in total. The van der Waals surface area contributed by atoms with Crippen LogP contribution in [0.2, 0.25) is 0 Å². The van der Waals surface area contributed by atoms with E-state index in [-0.39, 0.29) is 5.41 Å². The van der Waals surface area contributed by atoms with Crippen molar-refractivity contribution in [3.8, 4) is 0 Å². The van der Waals surface area contributed by atoms with Crippen LogP contribution in [0.15, 0.2) is 10.5 Å². The summed E-state index contributed by atoms with van der Waals surface area (Å²) in [5.74, 6) is 0. The first kappa shape index (κ1) is 10.2. The van der Waals surface area contributed by atoms with E-state index < -0.39 is 0 Å². The number of hydrogen-bond donors (Lipinski definition) is 1. The Morgan fingerprint density at radius 3 is 2.85 bits per heavy atom. The quantitative estimate of drug-likeness (QED) is 0.451. The lowest BCUT2D eigenvalue weighted by molar-refractivity contribution is 0.322. The van der Waals surface area contributed by atoms with Crippen LogP contribution in [0.25, 0.3) is 0 Å². The van der Waals surface area contributed by atoms with E-state index in [2.05, 4.69) is 30.9 Å². The molecule has 0 aliphatic rings. The standard InChI is InChI=1S/C9H14N2OS/c1-9(2,3)4-7-6-13-8(11-7)5-10-12/h5-6,12H,4H2,1-3H3. The fourth-order valence-electron chi connectivity index (χ4n) is 1.06. The largest absolute Gasteiger partial charge is 0.411 e. The van der Waals surface area contributed by atoms with Gasteiger partial charge in [-0.2, -0.15) is 0 Å². The van der Waals surface area contributed by atoms with Gasteiger partial charge < -0.3 is 5.21 Å². The molecule has 0 atom stereocenters. The molecule has 1 aromatic rings. The Labute approximate surface area is 82.1 Å². The molecule has 72 valence electrons. The van der Waals surface area contributed by atoms with Gasteiger partial charge >= 0.3 is 0 Å². The van der Waals surface area contributed by atoms with Crippen LogP contribution in [0.3, 0.4) is 0 Å². The van der Waals surface area contributed by atoms with Crippen LogP contribution in [0.4, 0.5) is 0 Å². The summed E-state index contributed by atoms with van der Waals surface area (Å²) in [5, 5.41) is 14.0. The number of rotatable bonds is 2. The van der Waals surface area contributed by atoms with Gasteiger partial charge in [-0.1, -0.05) is 25.9 Å². The molecule has 1 heterocycles. The molecule has 0 aliphatic heterocycles. The van der Waals surface area contributed by atoms with Crippen molar-refractivity contribution < 1.29 is 5.21 Å². The minimum atomic E-state index is 0.252. The van der Waals surface area contributed by atoms with Gasteiger partial charge in [-0.25, -0.2) is 4.98 Å². The third-order valence-electron chi connectivity index (χ3n) is 1.45. The first-order chi connectivity index (χ1) is 6.01. The van der Waals surface area contributed by atoms with E-state index in [0.717, 1.165) is 17.1 Å². The van der Waals surface area contributed by atoms with Crippen molar-refractivity contribution in [2.24, 2.45) is 10.6 Å². The average Bonchev–Trinajstić information content (AvgIpc) is 2.33. The summed E-state index contributed by atoms with van der Waals surface area (Å²) in [4.78, 5) is 4.29. The maximum Gasteiger partial charge on any atom is 0.138 e. The highest BCUT2D eigenvalue weighted by atomic mass is 32.1. The predicted molar refractivity (Wildman–Crippen MR) is 54.7 cm³/mol. The van der Waals surface area contributed by atoms with E-state index in [4.69, 9.17) is 5.21 Å². The topological polar surface area (TPSA) is 45.5 Å². The summed E-state index contributed by atoms with van der Waals surface area (Å²) in [6, 6.07) is 0. The zero-order valence-corrected chi connectivity index (χ0v) is 8.93. The number of oxime groups is 1. The zero-order valence-electron chi connectivity index (χ0n) is 8.11. The molecule has 0 aromatic carbocycles. The Bertz CT molecular complexity index is 299. The van der Waals surface area contributed by atoms with E-state index >= 15 is 0 Å². The third-order valence-corrected chi connectivity index (χ3v) is 2.28. The van der Waals surface area contributed by atoms with E-state index in [9.17, 15) is 0 Å². The number of hydrogen-bond acceptors (Lipinski definition) is 4. The SMILES string of the molecule is CC(C)(C)Cc1csc(C=NO)n1. The minimum Gasteiger partial charge on any atom is -0.411 e. The van der Waals surface area contributed by atoms with Gasteiger partial charge in [0.25, 0.3) is 0 Å². The van der Waals surface area contributed by atoms with Crippen LogP contribution >= 0.6 is 11.3 Å². The monoisotopic (exact) mass is 198 g/mol. The fourth-order valence-corrected chi connectivity index (χ4v) is 1.73. The Balaban J connectivity index is 2.69. The molecule has 0 unspecified atom stereocenters. The van der Waals surface area contributed by atoms with E-state index in [1.165, 1.54) is 17.6 Å². The maximum atomic E-state index is 8.30. The van der Waals surface area contributed by atoms with Crippen molar-refractivity contribution in [1.29, 1.82) is 0 Å². The second-order valence-electron chi connectivity index (χ2n) is 4.16. The Morgan fingerprint density at radius 1 is 1.62 bits per heavy atom. The molecular formula is C9H14N2OS. The maximum absolute atomic E-state index is 8.30. The molecule has 0 radical (unpaired) electrons. The summed E-state index contributed by atoms with van der Waals surface area (Å²) in [6.45, 7) is 6.52. The van der Waals surface area contributed by atoms with Crippen molar-refractivity contribution in [3.05, 3.63) is 16.1 Å². The van der Waals surface area contributed by atoms with Crippen molar-refractivity contribution >= 4 is 17.6 Å². The predicted octanol–water partition coefficient (Wildman–Crippen LogP) is 2.54. The highest BCUT2D eigenvalue weighted by molar-refractivity contribution is 7.11. The third kappa shape index (κ3) is 3.55. The minimum absolute atomic E-state index is 0.252. The van der Waals surface area contributed by atoms with E-state index in [0.29, 0.717) is 0 Å². The first-order valence-electron chi connectivity index (χ1n) is 4.13. The van der Waals surface area contributed by atoms with Crippen LogP contribution in [0.1, 0.15) is 31.5 Å². The van der Waals surface area contributed by atoms with Gasteiger partial charge in [0.2, 0.25) is 0 Å². The summed E-state index contributed by atoms with van der Waals surface area (Å²) in [6.07, 6.45) is 2.31. The van der Waals surface area contributed by atoms with Crippen molar-refractivity contribution in [1.82, 2.24) is 4.98 Å². The normalized spacial score (nSPS) is 12.5. The Morgan fingerprint density at radius 2 is 2.31 bits per heavy atom. The lowest BCUT2D eigenvalue weighted by atomic mass is 9.91. The van der Waals surface area contributed by atoms with Crippen molar-refractivity contribution in [3.63, 3.8) is 0 Å². The average molecular weight is 198 g/mol. The molecular weight excluding hydrogens is 184 g/mol. The molecule has 0 fully saturated rings. The zero-order chi connectivity index (χ0) is 9.90. The molecule has 0 bridgehead atoms. The number of aromatic nitrogens is 1. The van der Waals surface area contributed by atoms with Crippen LogP contribution in [-0.4, -0.2) is 16.4 Å². The highest BCUT2D eigenvalue weighted by Crippen LogP contribution is 2.21. The van der Waals surface area contributed by atoms with Crippen LogP contribution in [-0.2, 0) is 6.42 Å². The smallest absolute Gasteiger partial charge is 0.138 e. The van der Waals surface area contributed by atoms with Gasteiger partial charge in [0, 0.05) is 5.38 Å². The molecule has 1 rings (SSSR count). The Kier molecular flexibility index (Phi) is 3.03. The van der Waals surface area contributed by atoms with Crippen LogP contribution < -0.4 is 0 Å². The second kappa shape index (κ2) is 3.87. The molecule has 0 spiro atoms. The van der Waals surface area contributed by atoms with Crippen LogP contribution in [0, 0.1) is 5.41 Å². The molecule has 3 nitrogen and oxygen atoms in total. The van der Waals surface area contributed by atoms with Gasteiger partial charge in [0.05, 0.1) is 5.69 Å². The summed E-state index contributed by atoms with van der Waals surface area (Å²) >= 11 is 1.49. The van der Waals surface area contributed by atoms with E-state index in [1.54, 1.807) is 0 Å². The van der Waals surface area contributed by atoms with Gasteiger partial charge in [-0.05, 0) is 11.8 Å². The summed E-state index contributed by atoms with van der Waals surface area (Å²) in [5.41, 5.74) is 1.31. The fraction of sp³-hybridized carbons (Fsp3) is 0.556. The number of thiazole rings is 1. The van der Waals surface area contributed by atoms with E-state index in [1.807, 2.05) is 5.38 Å². The number of nitrogens with zero attached hydrogens (tertiary/aromatic N) is 2. The molecule has 1 aromatic heterocycles. The van der Waals surface area contributed by atoms with Gasteiger partial charge in [0.15, 0.2) is 0 Å². The summed E-state index contributed by atoms with van der Waals surface area (Å²) in [7, 11) is 0. The lowest BCUT2D eigenvalue weighted by Gasteiger charge is -2.15. The lowest BCUT2D eigenvalue weighted by Crippen LogP contribution is -2.09. The Hall–Kier alpha value is -0.900. The molecule has 0 amide bonds. The van der Waals surface area contributed by atoms with Crippen molar-refractivity contribution in [2.75, 3.05) is 0 Å². The second-order valence-corrected chi connectivity index (χ2v) is 5.05. The van der Waals surface area contributed by atoms with Gasteiger partial charge in [0.1, 0.15) is 11.2 Å². The highest BCUT2D eigenvalue weighted by Gasteiger charge is 2.13. The summed E-state index contributed by atoms with van der Waals surface area (Å²) < 4.78 is 0. The molecule has 13 heavy (non-hydrogen) atoms. The van der Waals surface area contributed by atoms with Gasteiger partial charge in [-0.15, -0.1) is 11.3 Å². The molecule has 0 aliphatic carbocycles. The molecule has 0 saturated carbocycles. The molecule has 4 heteroatoms. The first-order valence-corrected chi connectivity index (χ1v) is 5.01. The van der Waals surface area contributed by atoms with Crippen molar-refractivity contribution in [2.45, 2.75) is 27.2 Å². The van der Waals surface area contributed by atoms with Crippen LogP contribution in [0.5, 0.6) is 0 Å². The van der Waals surface area contributed by atoms with Gasteiger partial charge in [-0.3, -0.25) is 0 Å². The molecule has 0 saturated heterocycles.